The van der Waals surface area contributed by atoms with Crippen LogP contribution in [0, 0.1) is 11.8 Å². The molecule has 1 fully saturated rings. The van der Waals surface area contributed by atoms with Gasteiger partial charge >= 0.3 is 0 Å². The van der Waals surface area contributed by atoms with Crippen molar-refractivity contribution in [2.75, 3.05) is 6.61 Å². The molecule has 0 saturated carbocycles. The molecule has 1 heterocycles. The highest BCUT2D eigenvalue weighted by atomic mass is 32.1. The molecule has 0 amide bonds. The predicted octanol–water partition coefficient (Wildman–Crippen LogP) is 1.93. The molecule has 54 valence electrons. The quantitative estimate of drug-likeness (QED) is 0.389. The molecule has 2 heteroatoms. The molecule has 0 aromatic rings. The molecule has 2 unspecified atom stereocenters. The van der Waals surface area contributed by atoms with E-state index in [1.807, 2.05) is 0 Å². The number of thiocarbonyl (C=S) groups is 1. The Morgan fingerprint density at radius 3 is 3.00 bits per heavy atom. The maximum absolute atomic E-state index is 5.29. The number of fused-ring (bicyclic) bond motifs is 1. The molecule has 0 bridgehead atoms. The first kappa shape index (κ1) is 6.35. The van der Waals surface area contributed by atoms with E-state index in [4.69, 9.17) is 17.0 Å². The van der Waals surface area contributed by atoms with Crippen LogP contribution in [0.3, 0.4) is 0 Å². The predicted molar refractivity (Wildman–Crippen MR) is 43.9 cm³/mol. The summed E-state index contributed by atoms with van der Waals surface area (Å²) in [7, 11) is 0. The first-order chi connectivity index (χ1) is 4.88. The zero-order chi connectivity index (χ0) is 6.97. The van der Waals surface area contributed by atoms with Crippen molar-refractivity contribution in [3.8, 4) is 0 Å². The van der Waals surface area contributed by atoms with Crippen LogP contribution < -0.4 is 0 Å². The van der Waals surface area contributed by atoms with Crippen LogP contribution in [-0.4, -0.2) is 11.7 Å². The van der Waals surface area contributed by atoms with Crippen LogP contribution in [0.2, 0.25) is 0 Å². The third-order valence-corrected chi connectivity index (χ3v) is 2.73. The van der Waals surface area contributed by atoms with E-state index < -0.39 is 0 Å². The van der Waals surface area contributed by atoms with E-state index in [0.717, 1.165) is 24.5 Å². The van der Waals surface area contributed by atoms with Gasteiger partial charge in [0, 0.05) is 11.8 Å². The monoisotopic (exact) mass is 154 g/mol. The minimum atomic E-state index is 0.556. The smallest absolute Gasteiger partial charge is 0.163 e. The Labute approximate surface area is 66.1 Å². The Hall–Kier alpha value is -0.370. The second kappa shape index (κ2) is 2.35. The Kier molecular flexibility index (Phi) is 1.49. The van der Waals surface area contributed by atoms with E-state index in [0.29, 0.717) is 11.8 Å². The lowest BCUT2D eigenvalue weighted by Gasteiger charge is -2.16. The van der Waals surface area contributed by atoms with Gasteiger partial charge in [-0.1, -0.05) is 12.2 Å². The highest BCUT2D eigenvalue weighted by Gasteiger charge is 2.33. The average molecular weight is 154 g/mol. The van der Waals surface area contributed by atoms with Gasteiger partial charge in [-0.2, -0.15) is 0 Å². The molecule has 10 heavy (non-hydrogen) atoms. The largest absolute Gasteiger partial charge is 0.486 e. The Morgan fingerprint density at radius 1 is 1.40 bits per heavy atom. The Bertz CT molecular complexity index is 186. The highest BCUT2D eigenvalue weighted by Crippen LogP contribution is 2.32. The summed E-state index contributed by atoms with van der Waals surface area (Å²) in [4.78, 5) is 0. The molecule has 0 aromatic heterocycles. The summed E-state index contributed by atoms with van der Waals surface area (Å²) in [6.07, 6.45) is 6.70. The van der Waals surface area contributed by atoms with Gasteiger partial charge in [0.05, 0.1) is 6.61 Å². The van der Waals surface area contributed by atoms with Gasteiger partial charge in [0.25, 0.3) is 0 Å². The first-order valence-electron chi connectivity index (χ1n) is 3.69. The summed E-state index contributed by atoms with van der Waals surface area (Å²) >= 11 is 5.06. The summed E-state index contributed by atoms with van der Waals surface area (Å²) in [5.41, 5.74) is 0. The molecule has 0 aromatic carbocycles. The summed E-state index contributed by atoms with van der Waals surface area (Å²) in [6.45, 7) is 0.855. The van der Waals surface area contributed by atoms with Gasteiger partial charge in [0.2, 0.25) is 0 Å². The van der Waals surface area contributed by atoms with Gasteiger partial charge in [-0.3, -0.25) is 0 Å². The van der Waals surface area contributed by atoms with Crippen molar-refractivity contribution in [1.82, 2.24) is 0 Å². The highest BCUT2D eigenvalue weighted by molar-refractivity contribution is 7.80. The molecule has 1 aliphatic carbocycles. The molecule has 0 spiro atoms. The van der Waals surface area contributed by atoms with Crippen LogP contribution in [-0.2, 0) is 4.74 Å². The summed E-state index contributed by atoms with van der Waals surface area (Å²) in [6, 6.07) is 0. The fraction of sp³-hybridized carbons (Fsp3) is 0.625. The maximum atomic E-state index is 5.29. The lowest BCUT2D eigenvalue weighted by molar-refractivity contribution is 0.294. The number of hydrogen-bond acceptors (Lipinski definition) is 2. The third-order valence-electron chi connectivity index (χ3n) is 2.31. The SMILES string of the molecule is S=C1OCC2CC=CCC12. The number of allylic oxidation sites excluding steroid dienone is 2. The van der Waals surface area contributed by atoms with Crippen molar-refractivity contribution in [3.63, 3.8) is 0 Å². The molecule has 0 N–H and O–H groups in total. The van der Waals surface area contributed by atoms with Gasteiger partial charge in [-0.25, -0.2) is 0 Å². The Morgan fingerprint density at radius 2 is 2.20 bits per heavy atom. The van der Waals surface area contributed by atoms with Crippen LogP contribution in [0.25, 0.3) is 0 Å². The fourth-order valence-corrected chi connectivity index (χ4v) is 2.00. The van der Waals surface area contributed by atoms with Gasteiger partial charge in [-0.15, -0.1) is 0 Å². The van der Waals surface area contributed by atoms with Crippen LogP contribution in [0.15, 0.2) is 12.2 Å². The van der Waals surface area contributed by atoms with Gasteiger partial charge in [0.15, 0.2) is 5.05 Å². The molecular weight excluding hydrogens is 144 g/mol. The van der Waals surface area contributed by atoms with Crippen molar-refractivity contribution in [3.05, 3.63) is 12.2 Å². The first-order valence-corrected chi connectivity index (χ1v) is 4.10. The molecule has 2 atom stereocenters. The van der Waals surface area contributed by atoms with E-state index in [1.54, 1.807) is 0 Å². The Balaban J connectivity index is 2.17. The molecule has 1 aliphatic heterocycles. The van der Waals surface area contributed by atoms with E-state index in [-0.39, 0.29) is 0 Å². The van der Waals surface area contributed by atoms with Crippen LogP contribution in [0.5, 0.6) is 0 Å². The summed E-state index contributed by atoms with van der Waals surface area (Å²) in [5, 5.41) is 0.842. The second-order valence-corrected chi connectivity index (χ2v) is 3.34. The van der Waals surface area contributed by atoms with Crippen LogP contribution in [0.1, 0.15) is 12.8 Å². The van der Waals surface area contributed by atoms with Crippen molar-refractivity contribution in [1.29, 1.82) is 0 Å². The van der Waals surface area contributed by atoms with Crippen molar-refractivity contribution < 1.29 is 4.74 Å². The van der Waals surface area contributed by atoms with Crippen molar-refractivity contribution in [2.24, 2.45) is 11.8 Å². The van der Waals surface area contributed by atoms with Crippen LogP contribution in [0.4, 0.5) is 0 Å². The second-order valence-electron chi connectivity index (χ2n) is 2.94. The van der Waals surface area contributed by atoms with Crippen LogP contribution >= 0.6 is 12.2 Å². The molecule has 2 aliphatic rings. The number of ether oxygens (including phenoxy) is 1. The van der Waals surface area contributed by atoms with Crippen molar-refractivity contribution in [2.45, 2.75) is 12.8 Å². The molecule has 1 saturated heterocycles. The fourth-order valence-electron chi connectivity index (χ4n) is 1.64. The minimum absolute atomic E-state index is 0.556. The zero-order valence-electron chi connectivity index (χ0n) is 5.75. The number of rotatable bonds is 0. The molecule has 0 radical (unpaired) electrons. The molecular formula is C8H10OS. The van der Waals surface area contributed by atoms with E-state index in [2.05, 4.69) is 12.2 Å². The van der Waals surface area contributed by atoms with Gasteiger partial charge < -0.3 is 4.74 Å². The lowest BCUT2D eigenvalue weighted by Crippen LogP contribution is -2.15. The van der Waals surface area contributed by atoms with Gasteiger partial charge in [0.1, 0.15) is 0 Å². The molecule has 2 rings (SSSR count). The average Bonchev–Trinajstić information content (AvgIpc) is 2.34. The van der Waals surface area contributed by atoms with E-state index in [1.165, 1.54) is 0 Å². The van der Waals surface area contributed by atoms with E-state index in [9.17, 15) is 0 Å². The standard InChI is InChI=1S/C8H10OS/c10-8-7-4-2-1-3-6(7)5-9-8/h1-2,6-7H,3-5H2. The van der Waals surface area contributed by atoms with E-state index >= 15 is 0 Å². The number of hydrogen-bond donors (Lipinski definition) is 0. The summed E-state index contributed by atoms with van der Waals surface area (Å²) < 4.78 is 5.29. The normalized spacial score (nSPS) is 37.4. The topological polar surface area (TPSA) is 9.23 Å². The maximum Gasteiger partial charge on any atom is 0.163 e. The van der Waals surface area contributed by atoms with Crippen molar-refractivity contribution >= 4 is 17.3 Å². The zero-order valence-corrected chi connectivity index (χ0v) is 6.56. The molecule has 1 nitrogen and oxygen atoms in total. The lowest BCUT2D eigenvalue weighted by atomic mass is 9.86. The minimum Gasteiger partial charge on any atom is -0.486 e. The van der Waals surface area contributed by atoms with Gasteiger partial charge in [-0.05, 0) is 25.1 Å². The third kappa shape index (κ3) is 0.870. The summed E-state index contributed by atoms with van der Waals surface area (Å²) in [5.74, 6) is 1.25.